The zero-order valence-corrected chi connectivity index (χ0v) is 9.46. The molecule has 0 aromatic heterocycles. The highest BCUT2D eigenvalue weighted by Gasteiger charge is 2.15. The number of thioether (sulfide) groups is 1. The fraction of sp³-hybridized carbons (Fsp3) is 0.250. The molecule has 1 aliphatic rings. The standard InChI is InChI=1S/C12H13NOS/c1-10-8-15-9-13(10)7-12(14)11-5-3-2-4-6-11/h2-6,8H,7,9H2,1H3. The number of allylic oxidation sites excluding steroid dienone is 1. The highest BCUT2D eigenvalue weighted by molar-refractivity contribution is 8.02. The fourth-order valence-electron chi connectivity index (χ4n) is 1.48. The lowest BCUT2D eigenvalue weighted by Crippen LogP contribution is -2.25. The number of nitrogens with zero attached hydrogens (tertiary/aromatic N) is 1. The Morgan fingerprint density at radius 1 is 1.40 bits per heavy atom. The Morgan fingerprint density at radius 2 is 2.13 bits per heavy atom. The van der Waals surface area contributed by atoms with Crippen LogP contribution < -0.4 is 0 Å². The largest absolute Gasteiger partial charge is 0.357 e. The molecule has 0 radical (unpaired) electrons. The average molecular weight is 219 g/mol. The van der Waals surface area contributed by atoms with Crippen molar-refractivity contribution in [3.05, 3.63) is 47.0 Å². The second-order valence-electron chi connectivity index (χ2n) is 3.54. The van der Waals surface area contributed by atoms with Crippen LogP contribution >= 0.6 is 11.8 Å². The number of hydrogen-bond acceptors (Lipinski definition) is 3. The molecule has 1 aromatic rings. The van der Waals surface area contributed by atoms with Crippen molar-refractivity contribution < 1.29 is 4.79 Å². The Labute approximate surface area is 94.0 Å². The molecular weight excluding hydrogens is 206 g/mol. The Hall–Kier alpha value is -1.22. The highest BCUT2D eigenvalue weighted by Crippen LogP contribution is 2.22. The summed E-state index contributed by atoms with van der Waals surface area (Å²) in [6, 6.07) is 9.45. The van der Waals surface area contributed by atoms with Crippen molar-refractivity contribution in [1.29, 1.82) is 0 Å². The first-order chi connectivity index (χ1) is 7.27. The molecule has 0 bridgehead atoms. The third kappa shape index (κ3) is 2.42. The van der Waals surface area contributed by atoms with Crippen molar-refractivity contribution in [1.82, 2.24) is 4.90 Å². The van der Waals surface area contributed by atoms with Crippen molar-refractivity contribution >= 4 is 17.5 Å². The summed E-state index contributed by atoms with van der Waals surface area (Å²) < 4.78 is 0. The van der Waals surface area contributed by atoms with E-state index >= 15 is 0 Å². The van der Waals surface area contributed by atoms with Gasteiger partial charge < -0.3 is 4.90 Å². The summed E-state index contributed by atoms with van der Waals surface area (Å²) in [5.74, 6) is 1.08. The van der Waals surface area contributed by atoms with Gasteiger partial charge in [-0.1, -0.05) is 30.3 Å². The Morgan fingerprint density at radius 3 is 2.73 bits per heavy atom. The van der Waals surface area contributed by atoms with Gasteiger partial charge >= 0.3 is 0 Å². The SMILES string of the molecule is CC1=CSCN1CC(=O)c1ccccc1. The first-order valence-corrected chi connectivity index (χ1v) is 5.94. The van der Waals surface area contributed by atoms with E-state index in [1.165, 1.54) is 5.70 Å². The number of carbonyl (C=O) groups is 1. The molecule has 0 N–H and O–H groups in total. The van der Waals surface area contributed by atoms with E-state index < -0.39 is 0 Å². The molecule has 1 aliphatic heterocycles. The normalized spacial score (nSPS) is 15.3. The maximum atomic E-state index is 11.9. The van der Waals surface area contributed by atoms with Gasteiger partial charge in [0, 0.05) is 11.3 Å². The molecule has 0 saturated carbocycles. The Balaban J connectivity index is 2.02. The van der Waals surface area contributed by atoms with E-state index in [2.05, 4.69) is 10.3 Å². The van der Waals surface area contributed by atoms with Gasteiger partial charge in [0.25, 0.3) is 0 Å². The van der Waals surface area contributed by atoms with Gasteiger partial charge in [0.05, 0.1) is 12.4 Å². The molecule has 1 heterocycles. The summed E-state index contributed by atoms with van der Waals surface area (Å²) in [5, 5.41) is 2.10. The zero-order chi connectivity index (χ0) is 10.7. The zero-order valence-electron chi connectivity index (χ0n) is 8.64. The van der Waals surface area contributed by atoms with Crippen molar-refractivity contribution in [2.24, 2.45) is 0 Å². The summed E-state index contributed by atoms with van der Waals surface area (Å²) in [5.41, 5.74) is 1.98. The second kappa shape index (κ2) is 4.53. The molecule has 1 aromatic carbocycles. The van der Waals surface area contributed by atoms with Crippen LogP contribution in [0.25, 0.3) is 0 Å². The molecule has 0 saturated heterocycles. The Kier molecular flexibility index (Phi) is 3.11. The van der Waals surface area contributed by atoms with Crippen LogP contribution in [-0.2, 0) is 0 Å². The van der Waals surface area contributed by atoms with Crippen molar-refractivity contribution in [2.75, 3.05) is 12.4 Å². The van der Waals surface area contributed by atoms with Crippen molar-refractivity contribution in [3.63, 3.8) is 0 Å². The van der Waals surface area contributed by atoms with Crippen LogP contribution in [-0.4, -0.2) is 23.1 Å². The van der Waals surface area contributed by atoms with Gasteiger partial charge in [-0.25, -0.2) is 0 Å². The van der Waals surface area contributed by atoms with Gasteiger partial charge in [0.15, 0.2) is 5.78 Å². The molecule has 0 fully saturated rings. The minimum Gasteiger partial charge on any atom is -0.357 e. The lowest BCUT2D eigenvalue weighted by molar-refractivity contribution is 0.0959. The number of hydrogen-bond donors (Lipinski definition) is 0. The molecule has 0 spiro atoms. The maximum absolute atomic E-state index is 11.9. The number of ketones is 1. The van der Waals surface area contributed by atoms with Crippen LogP contribution in [0.1, 0.15) is 17.3 Å². The van der Waals surface area contributed by atoms with Crippen LogP contribution in [0.5, 0.6) is 0 Å². The summed E-state index contributed by atoms with van der Waals surface area (Å²) in [4.78, 5) is 14.0. The maximum Gasteiger partial charge on any atom is 0.182 e. The van der Waals surface area contributed by atoms with E-state index in [-0.39, 0.29) is 5.78 Å². The van der Waals surface area contributed by atoms with Crippen LogP contribution in [0.4, 0.5) is 0 Å². The lowest BCUT2D eigenvalue weighted by atomic mass is 10.1. The summed E-state index contributed by atoms with van der Waals surface area (Å²) in [7, 11) is 0. The molecule has 15 heavy (non-hydrogen) atoms. The van der Waals surface area contributed by atoms with Gasteiger partial charge in [-0.05, 0) is 12.3 Å². The molecule has 0 aliphatic carbocycles. The molecule has 78 valence electrons. The fourth-order valence-corrected chi connectivity index (χ4v) is 2.42. The smallest absolute Gasteiger partial charge is 0.182 e. The van der Waals surface area contributed by atoms with Crippen molar-refractivity contribution in [2.45, 2.75) is 6.92 Å². The molecule has 2 rings (SSSR count). The topological polar surface area (TPSA) is 20.3 Å². The van der Waals surface area contributed by atoms with Gasteiger partial charge in [0.2, 0.25) is 0 Å². The van der Waals surface area contributed by atoms with Gasteiger partial charge in [-0.15, -0.1) is 11.8 Å². The van der Waals surface area contributed by atoms with E-state index in [4.69, 9.17) is 0 Å². The average Bonchev–Trinajstić information content (AvgIpc) is 2.66. The quantitative estimate of drug-likeness (QED) is 0.729. The number of benzene rings is 1. The predicted octanol–water partition coefficient (Wildman–Crippen LogP) is 2.74. The monoisotopic (exact) mass is 219 g/mol. The minimum absolute atomic E-state index is 0.186. The van der Waals surface area contributed by atoms with E-state index in [0.717, 1.165) is 11.4 Å². The predicted molar refractivity (Wildman–Crippen MR) is 63.7 cm³/mol. The third-order valence-electron chi connectivity index (χ3n) is 2.41. The summed E-state index contributed by atoms with van der Waals surface area (Å²) in [6.07, 6.45) is 0. The number of carbonyl (C=O) groups excluding carboxylic acids is 1. The van der Waals surface area contributed by atoms with Crippen LogP contribution in [0.2, 0.25) is 0 Å². The molecule has 2 nitrogen and oxygen atoms in total. The first-order valence-electron chi connectivity index (χ1n) is 4.89. The van der Waals surface area contributed by atoms with Gasteiger partial charge in [-0.2, -0.15) is 0 Å². The van der Waals surface area contributed by atoms with Gasteiger partial charge in [-0.3, -0.25) is 4.79 Å². The van der Waals surface area contributed by atoms with E-state index in [0.29, 0.717) is 6.54 Å². The molecule has 3 heteroatoms. The summed E-state index contributed by atoms with van der Waals surface area (Å²) >= 11 is 1.74. The molecule has 0 unspecified atom stereocenters. The molecule has 0 atom stereocenters. The van der Waals surface area contributed by atoms with E-state index in [1.54, 1.807) is 11.8 Å². The van der Waals surface area contributed by atoms with Crippen LogP contribution in [0.15, 0.2) is 41.4 Å². The minimum atomic E-state index is 0.186. The number of Topliss-reactive ketones (excluding diaryl/α,β-unsaturated/α-hetero) is 1. The number of rotatable bonds is 3. The second-order valence-corrected chi connectivity index (χ2v) is 4.37. The third-order valence-corrected chi connectivity index (χ3v) is 3.38. The first kappa shape index (κ1) is 10.3. The highest BCUT2D eigenvalue weighted by atomic mass is 32.2. The van der Waals surface area contributed by atoms with Crippen LogP contribution in [0, 0.1) is 0 Å². The van der Waals surface area contributed by atoms with Crippen LogP contribution in [0.3, 0.4) is 0 Å². The van der Waals surface area contributed by atoms with E-state index in [9.17, 15) is 4.79 Å². The Bertz CT molecular complexity index is 386. The molecule has 0 amide bonds. The lowest BCUT2D eigenvalue weighted by Gasteiger charge is -2.17. The summed E-state index contributed by atoms with van der Waals surface area (Å²) in [6.45, 7) is 2.53. The molecular formula is C12H13NOS. The van der Waals surface area contributed by atoms with Gasteiger partial charge in [0.1, 0.15) is 0 Å². The van der Waals surface area contributed by atoms with Crippen molar-refractivity contribution in [3.8, 4) is 0 Å². The van der Waals surface area contributed by atoms with E-state index in [1.807, 2.05) is 37.3 Å².